The molecule has 1 aliphatic rings. The molecule has 0 amide bonds. The summed E-state index contributed by atoms with van der Waals surface area (Å²) in [7, 11) is 0. The van der Waals surface area contributed by atoms with E-state index in [0.29, 0.717) is 5.92 Å². The van der Waals surface area contributed by atoms with Crippen molar-refractivity contribution in [2.24, 2.45) is 5.92 Å². The predicted octanol–water partition coefficient (Wildman–Crippen LogP) is 1.62. The van der Waals surface area contributed by atoms with Crippen molar-refractivity contribution in [3.05, 3.63) is 30.1 Å². The lowest BCUT2D eigenvalue weighted by Crippen LogP contribution is -2.41. The predicted molar refractivity (Wildman–Crippen MR) is 71.3 cm³/mol. The van der Waals surface area contributed by atoms with E-state index >= 15 is 0 Å². The van der Waals surface area contributed by atoms with E-state index in [1.165, 1.54) is 12.1 Å². The molecule has 4 heteroatoms. The molecule has 0 bridgehead atoms. The number of rotatable bonds is 3. The van der Waals surface area contributed by atoms with Gasteiger partial charge in [-0.3, -0.25) is 0 Å². The van der Waals surface area contributed by atoms with Crippen molar-refractivity contribution in [3.8, 4) is 0 Å². The molecule has 2 rings (SSSR count). The molecule has 1 aromatic carbocycles. The van der Waals surface area contributed by atoms with Gasteiger partial charge in [0.05, 0.1) is 0 Å². The quantitative estimate of drug-likeness (QED) is 0.858. The van der Waals surface area contributed by atoms with Crippen LogP contribution in [0.1, 0.15) is 13.3 Å². The van der Waals surface area contributed by atoms with Gasteiger partial charge in [0, 0.05) is 31.4 Å². The summed E-state index contributed by atoms with van der Waals surface area (Å²) < 4.78 is 13.0. The molecule has 0 spiro atoms. The van der Waals surface area contributed by atoms with Gasteiger partial charge in [0.25, 0.3) is 0 Å². The van der Waals surface area contributed by atoms with Crippen molar-refractivity contribution < 1.29 is 9.50 Å². The van der Waals surface area contributed by atoms with Crippen molar-refractivity contribution >= 4 is 5.69 Å². The maximum Gasteiger partial charge on any atom is 0.123 e. The summed E-state index contributed by atoms with van der Waals surface area (Å²) in [5.74, 6) is 0.331. The molecule has 3 nitrogen and oxygen atoms in total. The Morgan fingerprint density at radius 1 is 1.33 bits per heavy atom. The molecule has 2 atom stereocenters. The Balaban J connectivity index is 2.20. The molecule has 18 heavy (non-hydrogen) atoms. The number of aliphatic hydroxyl groups is 1. The lowest BCUT2D eigenvalue weighted by atomic mass is 10.1. The number of nitrogens with zero attached hydrogens (tertiary/aromatic N) is 1. The molecule has 1 saturated heterocycles. The summed E-state index contributed by atoms with van der Waals surface area (Å²) in [6.07, 6.45) is 0.733. The van der Waals surface area contributed by atoms with Crippen LogP contribution < -0.4 is 10.2 Å². The summed E-state index contributed by atoms with van der Waals surface area (Å²) in [5, 5.41) is 12.6. The van der Waals surface area contributed by atoms with Crippen LogP contribution in [-0.4, -0.2) is 37.4 Å². The molecule has 2 N–H and O–H groups in total. The smallest absolute Gasteiger partial charge is 0.123 e. The maximum absolute atomic E-state index is 13.0. The van der Waals surface area contributed by atoms with E-state index in [2.05, 4.69) is 17.1 Å². The third-order valence-corrected chi connectivity index (χ3v) is 3.44. The van der Waals surface area contributed by atoms with Crippen LogP contribution in [-0.2, 0) is 0 Å². The van der Waals surface area contributed by atoms with E-state index in [0.717, 1.165) is 31.7 Å². The Labute approximate surface area is 108 Å². The first-order valence-corrected chi connectivity index (χ1v) is 6.54. The van der Waals surface area contributed by atoms with E-state index in [1.807, 2.05) is 12.1 Å². The summed E-state index contributed by atoms with van der Waals surface area (Å²) in [5.41, 5.74) is 1.03. The van der Waals surface area contributed by atoms with E-state index in [-0.39, 0.29) is 18.5 Å². The Bertz CT molecular complexity index is 369. The second-order valence-electron chi connectivity index (χ2n) is 5.06. The number of aliphatic hydroxyl groups excluding tert-OH is 1. The Morgan fingerprint density at radius 2 is 2.06 bits per heavy atom. The highest BCUT2D eigenvalue weighted by Crippen LogP contribution is 2.22. The summed E-state index contributed by atoms with van der Waals surface area (Å²) in [6, 6.07) is 6.89. The van der Waals surface area contributed by atoms with E-state index in [4.69, 9.17) is 0 Å². The minimum Gasteiger partial charge on any atom is -0.396 e. The molecular formula is C14H21FN2O. The van der Waals surface area contributed by atoms with Crippen LogP contribution in [0.2, 0.25) is 0 Å². The van der Waals surface area contributed by atoms with Gasteiger partial charge in [-0.25, -0.2) is 4.39 Å². The Morgan fingerprint density at radius 3 is 2.72 bits per heavy atom. The first-order chi connectivity index (χ1) is 8.70. The molecule has 2 unspecified atom stereocenters. The number of nitrogens with one attached hydrogen (secondary N) is 1. The fourth-order valence-electron chi connectivity index (χ4n) is 2.51. The fourth-order valence-corrected chi connectivity index (χ4v) is 2.51. The van der Waals surface area contributed by atoms with Crippen LogP contribution in [0.4, 0.5) is 10.1 Å². The third-order valence-electron chi connectivity index (χ3n) is 3.44. The van der Waals surface area contributed by atoms with Crippen LogP contribution in [0.25, 0.3) is 0 Å². The van der Waals surface area contributed by atoms with Gasteiger partial charge in [0.1, 0.15) is 5.82 Å². The van der Waals surface area contributed by atoms with Gasteiger partial charge in [-0.1, -0.05) is 6.92 Å². The molecule has 0 radical (unpaired) electrons. The van der Waals surface area contributed by atoms with Crippen LogP contribution in [0.3, 0.4) is 0 Å². The van der Waals surface area contributed by atoms with Crippen molar-refractivity contribution in [1.29, 1.82) is 0 Å². The van der Waals surface area contributed by atoms with E-state index < -0.39 is 0 Å². The van der Waals surface area contributed by atoms with Crippen molar-refractivity contribution in [3.63, 3.8) is 0 Å². The first-order valence-electron chi connectivity index (χ1n) is 6.54. The van der Waals surface area contributed by atoms with Crippen molar-refractivity contribution in [1.82, 2.24) is 5.32 Å². The van der Waals surface area contributed by atoms with Crippen molar-refractivity contribution in [2.75, 3.05) is 31.1 Å². The lowest BCUT2D eigenvalue weighted by molar-refractivity contribution is 0.272. The highest BCUT2D eigenvalue weighted by Gasteiger charge is 2.23. The normalized spacial score (nSPS) is 24.9. The van der Waals surface area contributed by atoms with Gasteiger partial charge in [-0.2, -0.15) is 0 Å². The van der Waals surface area contributed by atoms with Crippen LogP contribution in [0, 0.1) is 11.7 Å². The van der Waals surface area contributed by atoms with Gasteiger partial charge in [0.2, 0.25) is 0 Å². The summed E-state index contributed by atoms with van der Waals surface area (Å²) in [4.78, 5) is 2.28. The zero-order chi connectivity index (χ0) is 13.0. The van der Waals surface area contributed by atoms with Gasteiger partial charge < -0.3 is 15.3 Å². The van der Waals surface area contributed by atoms with Crippen LogP contribution in [0.15, 0.2) is 24.3 Å². The molecule has 0 saturated carbocycles. The number of benzene rings is 1. The molecule has 1 aromatic rings. The van der Waals surface area contributed by atoms with Crippen LogP contribution in [0.5, 0.6) is 0 Å². The highest BCUT2D eigenvalue weighted by molar-refractivity contribution is 5.47. The minimum atomic E-state index is -0.210. The highest BCUT2D eigenvalue weighted by atomic mass is 19.1. The average Bonchev–Trinajstić information content (AvgIpc) is 2.53. The third kappa shape index (κ3) is 3.21. The maximum atomic E-state index is 13.0. The Kier molecular flexibility index (Phi) is 4.55. The molecule has 0 aromatic heterocycles. The number of hydrogen-bond donors (Lipinski definition) is 2. The van der Waals surface area contributed by atoms with Gasteiger partial charge in [-0.05, 0) is 43.1 Å². The number of anilines is 1. The lowest BCUT2D eigenvalue weighted by Gasteiger charge is -2.32. The van der Waals surface area contributed by atoms with Gasteiger partial charge in [0.15, 0.2) is 0 Å². The first kappa shape index (κ1) is 13.3. The number of halogens is 1. The van der Waals surface area contributed by atoms with Crippen LogP contribution >= 0.6 is 0 Å². The summed E-state index contributed by atoms with van der Waals surface area (Å²) in [6.45, 7) is 5.16. The standard InChI is InChI=1S/C14H21FN2O/c1-11-8-16-9-14(6-7-18)17(10-11)13-4-2-12(15)3-5-13/h2-5,11,14,16,18H,6-10H2,1H3. The molecule has 0 aliphatic carbocycles. The molecule has 1 heterocycles. The fraction of sp³-hybridized carbons (Fsp3) is 0.571. The molecular weight excluding hydrogens is 231 g/mol. The Hall–Kier alpha value is -1.13. The SMILES string of the molecule is CC1CNCC(CCO)N(c2ccc(F)cc2)C1. The second-order valence-corrected chi connectivity index (χ2v) is 5.06. The topological polar surface area (TPSA) is 35.5 Å². The second kappa shape index (κ2) is 6.16. The van der Waals surface area contributed by atoms with Gasteiger partial charge in [-0.15, -0.1) is 0 Å². The van der Waals surface area contributed by atoms with E-state index in [1.54, 1.807) is 0 Å². The average molecular weight is 252 g/mol. The minimum absolute atomic E-state index is 0.179. The van der Waals surface area contributed by atoms with Gasteiger partial charge >= 0.3 is 0 Å². The summed E-state index contributed by atoms with van der Waals surface area (Å²) >= 11 is 0. The molecule has 100 valence electrons. The van der Waals surface area contributed by atoms with Crippen molar-refractivity contribution in [2.45, 2.75) is 19.4 Å². The molecule has 1 aliphatic heterocycles. The number of hydrogen-bond acceptors (Lipinski definition) is 3. The zero-order valence-corrected chi connectivity index (χ0v) is 10.8. The largest absolute Gasteiger partial charge is 0.396 e. The van der Waals surface area contributed by atoms with E-state index in [9.17, 15) is 9.50 Å². The molecule has 1 fully saturated rings. The zero-order valence-electron chi connectivity index (χ0n) is 10.8. The monoisotopic (exact) mass is 252 g/mol.